The molecule has 0 fully saturated rings. The molecule has 0 unspecified atom stereocenters. The van der Waals surface area contributed by atoms with Gasteiger partial charge in [0, 0.05) is 17.3 Å². The van der Waals surface area contributed by atoms with Crippen LogP contribution in [-0.2, 0) is 11.3 Å². The minimum Gasteiger partial charge on any atom is -0.395 e. The number of ether oxygens (including phenoxy) is 2. The number of rotatable bonds is 4. The van der Waals surface area contributed by atoms with Crippen molar-refractivity contribution in [2.45, 2.75) is 19.8 Å². The van der Waals surface area contributed by atoms with Crippen LogP contribution >= 0.6 is 0 Å². The Bertz CT molecular complexity index is 1000. The van der Waals surface area contributed by atoms with Crippen LogP contribution in [0.5, 0.6) is 11.5 Å². The first kappa shape index (κ1) is 16.9. The Morgan fingerprint density at radius 1 is 1.15 bits per heavy atom. The van der Waals surface area contributed by atoms with Crippen molar-refractivity contribution in [1.82, 2.24) is 20.2 Å². The molecule has 0 bridgehead atoms. The Balaban J connectivity index is 1.41. The molecule has 0 atom stereocenters. The minimum absolute atomic E-state index is 0.0984. The maximum absolute atomic E-state index is 13.0. The van der Waals surface area contributed by atoms with Crippen molar-refractivity contribution in [3.8, 4) is 22.9 Å². The number of hydrogen-bond acceptors (Lipinski definition) is 6. The third-order valence-electron chi connectivity index (χ3n) is 3.73. The third kappa shape index (κ3) is 3.68. The molecule has 0 saturated carbocycles. The van der Waals surface area contributed by atoms with Crippen LogP contribution in [0.1, 0.15) is 5.56 Å². The predicted molar refractivity (Wildman–Crippen MR) is 89.3 cm³/mol. The van der Waals surface area contributed by atoms with Crippen LogP contribution in [0, 0.1) is 6.92 Å². The smallest absolute Gasteiger partial charge is 0.395 e. The molecule has 138 valence electrons. The number of benzene rings is 2. The first-order valence-electron chi connectivity index (χ1n) is 7.92. The lowest BCUT2D eigenvalue weighted by Gasteiger charge is -2.05. The topological polar surface area (TPSA) is 91.2 Å². The van der Waals surface area contributed by atoms with Crippen LogP contribution in [0.2, 0.25) is 0 Å². The van der Waals surface area contributed by atoms with Gasteiger partial charge in [-0.05, 0) is 24.3 Å². The number of fused-ring (bicyclic) bond motifs is 1. The van der Waals surface area contributed by atoms with Crippen LogP contribution in [0.4, 0.5) is 14.5 Å². The van der Waals surface area contributed by atoms with Gasteiger partial charge in [-0.15, -0.1) is 19.0 Å². The summed E-state index contributed by atoms with van der Waals surface area (Å²) in [7, 11) is 0. The zero-order valence-electron chi connectivity index (χ0n) is 14.0. The maximum Gasteiger partial charge on any atom is 0.586 e. The van der Waals surface area contributed by atoms with Gasteiger partial charge < -0.3 is 14.8 Å². The monoisotopic (exact) mass is 373 g/mol. The van der Waals surface area contributed by atoms with Gasteiger partial charge in [-0.2, -0.15) is 4.80 Å². The van der Waals surface area contributed by atoms with E-state index >= 15 is 0 Å². The van der Waals surface area contributed by atoms with E-state index in [9.17, 15) is 13.6 Å². The van der Waals surface area contributed by atoms with E-state index in [1.54, 1.807) is 0 Å². The number of halogens is 2. The molecule has 2 aromatic carbocycles. The van der Waals surface area contributed by atoms with Crippen LogP contribution in [0.3, 0.4) is 0 Å². The summed E-state index contributed by atoms with van der Waals surface area (Å²) in [5, 5.41) is 14.5. The number of alkyl halides is 2. The zero-order valence-corrected chi connectivity index (χ0v) is 14.0. The molecule has 1 aromatic heterocycles. The van der Waals surface area contributed by atoms with Gasteiger partial charge in [0.1, 0.15) is 6.54 Å². The quantitative estimate of drug-likeness (QED) is 0.756. The second-order valence-electron chi connectivity index (χ2n) is 5.89. The van der Waals surface area contributed by atoms with E-state index in [1.807, 2.05) is 31.2 Å². The van der Waals surface area contributed by atoms with Gasteiger partial charge in [0.15, 0.2) is 11.5 Å². The van der Waals surface area contributed by atoms with Crippen molar-refractivity contribution in [3.05, 3.63) is 48.0 Å². The van der Waals surface area contributed by atoms with Crippen LogP contribution in [0.15, 0.2) is 42.5 Å². The SMILES string of the molecule is Cc1ccc(-c2nnn(CC(=O)Nc3ccc4c(c3)OC(F)(F)O4)n2)cc1. The number of aromatic nitrogens is 4. The average Bonchev–Trinajstić information content (AvgIpc) is 3.17. The lowest BCUT2D eigenvalue weighted by Crippen LogP contribution is -2.25. The van der Waals surface area contributed by atoms with Crippen molar-refractivity contribution < 1.29 is 23.0 Å². The van der Waals surface area contributed by atoms with Gasteiger partial charge >= 0.3 is 6.29 Å². The largest absolute Gasteiger partial charge is 0.586 e. The van der Waals surface area contributed by atoms with Gasteiger partial charge in [0.2, 0.25) is 11.7 Å². The number of carbonyl (C=O) groups excluding carboxylic acids is 1. The molecule has 0 aliphatic carbocycles. The molecule has 1 aliphatic heterocycles. The van der Waals surface area contributed by atoms with Crippen molar-refractivity contribution >= 4 is 11.6 Å². The highest BCUT2D eigenvalue weighted by Gasteiger charge is 2.43. The van der Waals surface area contributed by atoms with E-state index in [-0.39, 0.29) is 23.7 Å². The molecular weight excluding hydrogens is 360 g/mol. The molecule has 1 amide bonds. The van der Waals surface area contributed by atoms with Crippen LogP contribution < -0.4 is 14.8 Å². The summed E-state index contributed by atoms with van der Waals surface area (Å²) in [4.78, 5) is 13.3. The van der Waals surface area contributed by atoms with Gasteiger partial charge in [0.25, 0.3) is 0 Å². The normalized spacial score (nSPS) is 14.2. The Morgan fingerprint density at radius 3 is 2.67 bits per heavy atom. The first-order chi connectivity index (χ1) is 12.9. The molecule has 0 saturated heterocycles. The molecule has 4 rings (SSSR count). The number of hydrogen-bond donors (Lipinski definition) is 1. The predicted octanol–water partition coefficient (Wildman–Crippen LogP) is 2.61. The second-order valence-corrected chi connectivity index (χ2v) is 5.89. The van der Waals surface area contributed by atoms with Crippen LogP contribution in [-0.4, -0.2) is 32.4 Å². The molecule has 10 heteroatoms. The molecule has 0 spiro atoms. The Hall–Kier alpha value is -3.56. The summed E-state index contributed by atoms with van der Waals surface area (Å²) in [6.07, 6.45) is -3.71. The summed E-state index contributed by atoms with van der Waals surface area (Å²) >= 11 is 0. The van der Waals surface area contributed by atoms with E-state index in [4.69, 9.17) is 0 Å². The molecule has 27 heavy (non-hydrogen) atoms. The van der Waals surface area contributed by atoms with E-state index in [2.05, 4.69) is 30.2 Å². The standard InChI is InChI=1S/C17H13F2N5O3/c1-10-2-4-11(5-3-10)16-21-23-24(22-16)9-15(25)20-12-6-7-13-14(8-12)27-17(18,19)26-13/h2-8H,9H2,1H3,(H,20,25). The lowest BCUT2D eigenvalue weighted by atomic mass is 10.1. The molecule has 2 heterocycles. The Labute approximate surface area is 151 Å². The van der Waals surface area contributed by atoms with E-state index in [0.29, 0.717) is 5.82 Å². The fourth-order valence-electron chi connectivity index (χ4n) is 2.48. The molecule has 3 aromatic rings. The van der Waals surface area contributed by atoms with Gasteiger partial charge in [-0.3, -0.25) is 4.79 Å². The van der Waals surface area contributed by atoms with E-state index in [1.165, 1.54) is 18.2 Å². The fraction of sp³-hybridized carbons (Fsp3) is 0.176. The fourth-order valence-corrected chi connectivity index (χ4v) is 2.48. The summed E-state index contributed by atoms with van der Waals surface area (Å²) in [6.45, 7) is 1.78. The Morgan fingerprint density at radius 2 is 1.89 bits per heavy atom. The lowest BCUT2D eigenvalue weighted by molar-refractivity contribution is -0.286. The third-order valence-corrected chi connectivity index (χ3v) is 3.73. The van der Waals surface area contributed by atoms with Gasteiger partial charge in [-0.1, -0.05) is 29.8 Å². The van der Waals surface area contributed by atoms with Crippen molar-refractivity contribution in [1.29, 1.82) is 0 Å². The maximum atomic E-state index is 13.0. The highest BCUT2D eigenvalue weighted by Crippen LogP contribution is 2.42. The van der Waals surface area contributed by atoms with Crippen LogP contribution in [0.25, 0.3) is 11.4 Å². The number of amides is 1. The summed E-state index contributed by atoms with van der Waals surface area (Å²) in [5.41, 5.74) is 2.16. The number of aryl methyl sites for hydroxylation is 1. The molecule has 1 N–H and O–H groups in total. The number of tetrazole rings is 1. The second kappa shape index (κ2) is 6.31. The summed E-state index contributed by atoms with van der Waals surface area (Å²) in [5.74, 6) is -0.307. The summed E-state index contributed by atoms with van der Waals surface area (Å²) < 4.78 is 34.7. The van der Waals surface area contributed by atoms with Crippen molar-refractivity contribution in [2.75, 3.05) is 5.32 Å². The highest BCUT2D eigenvalue weighted by atomic mass is 19.3. The highest BCUT2D eigenvalue weighted by molar-refractivity contribution is 5.90. The molecule has 0 radical (unpaired) electrons. The zero-order chi connectivity index (χ0) is 19.0. The van der Waals surface area contributed by atoms with Crippen molar-refractivity contribution in [2.24, 2.45) is 0 Å². The Kier molecular flexibility index (Phi) is 3.94. The van der Waals surface area contributed by atoms with E-state index < -0.39 is 12.2 Å². The number of nitrogens with zero attached hydrogens (tertiary/aromatic N) is 4. The molecule has 8 nitrogen and oxygen atoms in total. The van der Waals surface area contributed by atoms with Gasteiger partial charge in [0.05, 0.1) is 0 Å². The number of anilines is 1. The van der Waals surface area contributed by atoms with E-state index in [0.717, 1.165) is 15.9 Å². The molecule has 1 aliphatic rings. The molecular formula is C17H13F2N5O3. The van der Waals surface area contributed by atoms with Gasteiger partial charge in [-0.25, -0.2) is 0 Å². The summed E-state index contributed by atoms with van der Waals surface area (Å²) in [6, 6.07) is 11.5. The minimum atomic E-state index is -3.71. The number of carbonyl (C=O) groups is 1. The average molecular weight is 373 g/mol. The first-order valence-corrected chi connectivity index (χ1v) is 7.92. The van der Waals surface area contributed by atoms with Crippen molar-refractivity contribution in [3.63, 3.8) is 0 Å². The number of nitrogens with one attached hydrogen (secondary N) is 1.